The maximum absolute atomic E-state index is 12.3. The number of pyridine rings is 1. The van der Waals surface area contributed by atoms with Gasteiger partial charge in [0.25, 0.3) is 0 Å². The lowest BCUT2D eigenvalue weighted by Gasteiger charge is -2.17. The second kappa shape index (κ2) is 4.44. The quantitative estimate of drug-likeness (QED) is 0.689. The van der Waals surface area contributed by atoms with Crippen LogP contribution in [0.15, 0.2) is 30.0 Å². The van der Waals surface area contributed by atoms with E-state index in [0.29, 0.717) is 5.92 Å². The summed E-state index contributed by atoms with van der Waals surface area (Å²) in [6.07, 6.45) is 11.0. The van der Waals surface area contributed by atoms with Gasteiger partial charge in [-0.05, 0) is 49.3 Å². The lowest BCUT2D eigenvalue weighted by atomic mass is 9.88. The van der Waals surface area contributed by atoms with Crippen LogP contribution in [0.3, 0.4) is 0 Å². The summed E-state index contributed by atoms with van der Waals surface area (Å²) in [6, 6.07) is 3.77. The van der Waals surface area contributed by atoms with Gasteiger partial charge in [0.2, 0.25) is 0 Å². The number of aromatic nitrogens is 1. The number of carbonyl (C=O) groups excluding carboxylic acids is 1. The van der Waals surface area contributed by atoms with Crippen LogP contribution in [0.2, 0.25) is 0 Å². The van der Waals surface area contributed by atoms with Gasteiger partial charge in [-0.2, -0.15) is 0 Å². The highest BCUT2D eigenvalue weighted by Gasteiger charge is 2.24. The summed E-state index contributed by atoms with van der Waals surface area (Å²) in [5.41, 5.74) is 2.82. The molecule has 0 atom stereocenters. The molecule has 3 rings (SSSR count). The first kappa shape index (κ1) is 10.7. The van der Waals surface area contributed by atoms with E-state index >= 15 is 0 Å². The van der Waals surface area contributed by atoms with Crippen molar-refractivity contribution in [2.45, 2.75) is 38.5 Å². The molecule has 0 saturated heterocycles. The highest BCUT2D eigenvalue weighted by molar-refractivity contribution is 6.10. The Hall–Kier alpha value is -1.44. The predicted molar refractivity (Wildman–Crippen MR) is 66.9 cm³/mol. The normalized spacial score (nSPS) is 23.1. The van der Waals surface area contributed by atoms with E-state index in [-0.39, 0.29) is 5.78 Å². The van der Waals surface area contributed by atoms with Gasteiger partial charge in [-0.3, -0.25) is 9.78 Å². The van der Waals surface area contributed by atoms with Crippen LogP contribution < -0.4 is 0 Å². The third-order valence-electron chi connectivity index (χ3n) is 3.89. The summed E-state index contributed by atoms with van der Waals surface area (Å²) in [6.45, 7) is 0. The zero-order valence-corrected chi connectivity index (χ0v) is 9.98. The number of allylic oxidation sites excluding steroid dienone is 2. The molecule has 0 aliphatic heterocycles. The summed E-state index contributed by atoms with van der Waals surface area (Å²) < 4.78 is 0. The molecule has 0 amide bonds. The molecule has 0 bridgehead atoms. The molecule has 17 heavy (non-hydrogen) atoms. The number of ketones is 1. The van der Waals surface area contributed by atoms with E-state index in [4.69, 9.17) is 0 Å². The molecule has 0 N–H and O–H groups in total. The minimum atomic E-state index is 0.214. The van der Waals surface area contributed by atoms with Crippen LogP contribution in [0, 0.1) is 5.92 Å². The van der Waals surface area contributed by atoms with E-state index in [9.17, 15) is 4.79 Å². The number of carbonyl (C=O) groups is 1. The third-order valence-corrected chi connectivity index (χ3v) is 3.89. The maximum atomic E-state index is 12.3. The van der Waals surface area contributed by atoms with E-state index in [1.54, 1.807) is 6.20 Å². The van der Waals surface area contributed by atoms with Crippen molar-refractivity contribution in [1.82, 2.24) is 4.98 Å². The SMILES string of the molecule is O=C1/C(=C/C2CCCC2)CCc2ncccc21. The molecule has 1 aromatic rings. The van der Waals surface area contributed by atoms with E-state index in [1.165, 1.54) is 25.7 Å². The number of Topliss-reactive ketones (excluding diaryl/α,β-unsaturated/α-hetero) is 1. The van der Waals surface area contributed by atoms with Crippen molar-refractivity contribution in [3.63, 3.8) is 0 Å². The van der Waals surface area contributed by atoms with E-state index in [1.807, 2.05) is 12.1 Å². The maximum Gasteiger partial charge on any atom is 0.190 e. The average molecular weight is 227 g/mol. The minimum Gasteiger partial charge on any atom is -0.289 e. The molecule has 2 nitrogen and oxygen atoms in total. The van der Waals surface area contributed by atoms with Crippen LogP contribution in [0.5, 0.6) is 0 Å². The monoisotopic (exact) mass is 227 g/mol. The van der Waals surface area contributed by atoms with E-state index in [2.05, 4.69) is 11.1 Å². The number of fused-ring (bicyclic) bond motifs is 1. The van der Waals surface area contributed by atoms with E-state index in [0.717, 1.165) is 29.7 Å². The number of hydrogen-bond donors (Lipinski definition) is 0. The topological polar surface area (TPSA) is 30.0 Å². The van der Waals surface area contributed by atoms with Crippen molar-refractivity contribution in [2.75, 3.05) is 0 Å². The Morgan fingerprint density at radius 3 is 2.88 bits per heavy atom. The first-order valence-corrected chi connectivity index (χ1v) is 6.54. The zero-order valence-electron chi connectivity index (χ0n) is 9.98. The number of rotatable bonds is 1. The smallest absolute Gasteiger partial charge is 0.190 e. The predicted octanol–water partition coefficient (Wildman–Crippen LogP) is 3.33. The molecule has 0 aromatic carbocycles. The summed E-state index contributed by atoms with van der Waals surface area (Å²) in [5, 5.41) is 0. The van der Waals surface area contributed by atoms with Crippen molar-refractivity contribution in [1.29, 1.82) is 0 Å². The van der Waals surface area contributed by atoms with Crippen LogP contribution >= 0.6 is 0 Å². The number of hydrogen-bond acceptors (Lipinski definition) is 2. The molecule has 1 saturated carbocycles. The summed E-state index contributed by atoms with van der Waals surface area (Å²) in [7, 11) is 0. The average Bonchev–Trinajstić information content (AvgIpc) is 2.86. The molecule has 1 aromatic heterocycles. The second-order valence-corrected chi connectivity index (χ2v) is 5.06. The van der Waals surface area contributed by atoms with Gasteiger partial charge < -0.3 is 0 Å². The summed E-state index contributed by atoms with van der Waals surface area (Å²) in [4.78, 5) is 16.6. The fraction of sp³-hybridized carbons (Fsp3) is 0.467. The lowest BCUT2D eigenvalue weighted by Crippen LogP contribution is -2.16. The Kier molecular flexibility index (Phi) is 2.79. The molecule has 2 aliphatic carbocycles. The first-order valence-electron chi connectivity index (χ1n) is 6.54. The van der Waals surface area contributed by atoms with Crippen molar-refractivity contribution < 1.29 is 4.79 Å². The van der Waals surface area contributed by atoms with Gasteiger partial charge in [0, 0.05) is 11.8 Å². The van der Waals surface area contributed by atoms with Gasteiger partial charge in [0.1, 0.15) is 0 Å². The van der Waals surface area contributed by atoms with Gasteiger partial charge in [0.05, 0.1) is 5.69 Å². The standard InChI is InChI=1S/C15H17NO/c17-15-12(10-11-4-1-2-5-11)7-8-14-13(15)6-3-9-16-14/h3,6,9-11H,1-2,4-5,7-8H2/b12-10+. The Labute approximate surface area is 102 Å². The largest absolute Gasteiger partial charge is 0.289 e. The molecular weight excluding hydrogens is 210 g/mol. The molecule has 2 aliphatic rings. The lowest BCUT2D eigenvalue weighted by molar-refractivity contribution is 0.102. The fourth-order valence-corrected chi connectivity index (χ4v) is 2.95. The molecule has 2 heteroatoms. The Bertz CT molecular complexity index is 470. The van der Waals surface area contributed by atoms with Crippen LogP contribution in [-0.4, -0.2) is 10.8 Å². The second-order valence-electron chi connectivity index (χ2n) is 5.06. The molecule has 0 spiro atoms. The number of nitrogens with zero attached hydrogens (tertiary/aromatic N) is 1. The van der Waals surface area contributed by atoms with Crippen molar-refractivity contribution in [2.24, 2.45) is 5.92 Å². The molecule has 88 valence electrons. The van der Waals surface area contributed by atoms with Crippen LogP contribution in [0.25, 0.3) is 0 Å². The van der Waals surface area contributed by atoms with Crippen molar-refractivity contribution in [3.8, 4) is 0 Å². The first-order chi connectivity index (χ1) is 8.34. The van der Waals surface area contributed by atoms with Crippen molar-refractivity contribution in [3.05, 3.63) is 41.2 Å². The molecule has 0 radical (unpaired) electrons. The van der Waals surface area contributed by atoms with Gasteiger partial charge >= 0.3 is 0 Å². The van der Waals surface area contributed by atoms with Gasteiger partial charge in [-0.15, -0.1) is 0 Å². The minimum absolute atomic E-state index is 0.214. The zero-order chi connectivity index (χ0) is 11.7. The highest BCUT2D eigenvalue weighted by atomic mass is 16.1. The van der Waals surface area contributed by atoms with Gasteiger partial charge in [0.15, 0.2) is 5.78 Å². The van der Waals surface area contributed by atoms with Crippen molar-refractivity contribution >= 4 is 5.78 Å². The Morgan fingerprint density at radius 1 is 1.24 bits per heavy atom. The summed E-state index contributed by atoms with van der Waals surface area (Å²) in [5.74, 6) is 0.860. The van der Waals surface area contributed by atoms with E-state index < -0.39 is 0 Å². The summed E-state index contributed by atoms with van der Waals surface area (Å²) >= 11 is 0. The van der Waals surface area contributed by atoms with Gasteiger partial charge in [-0.1, -0.05) is 18.9 Å². The molecule has 0 unspecified atom stereocenters. The number of aryl methyl sites for hydroxylation is 1. The Morgan fingerprint density at radius 2 is 2.06 bits per heavy atom. The van der Waals surface area contributed by atoms with Crippen LogP contribution in [0.1, 0.15) is 48.2 Å². The third kappa shape index (κ3) is 2.04. The molecular formula is C15H17NO. The van der Waals surface area contributed by atoms with Gasteiger partial charge in [-0.25, -0.2) is 0 Å². The highest BCUT2D eigenvalue weighted by Crippen LogP contribution is 2.30. The van der Waals surface area contributed by atoms with Crippen LogP contribution in [0.4, 0.5) is 0 Å². The Balaban J connectivity index is 1.88. The molecule has 1 heterocycles. The van der Waals surface area contributed by atoms with Crippen LogP contribution in [-0.2, 0) is 6.42 Å². The molecule has 1 fully saturated rings. The fourth-order valence-electron chi connectivity index (χ4n) is 2.95.